The van der Waals surface area contributed by atoms with Gasteiger partial charge in [-0.15, -0.1) is 0 Å². The minimum Gasteiger partial charge on any atom is -0.495 e. The Balaban J connectivity index is 1.78. The number of ether oxygens (including phenoxy) is 2. The standard InChI is InChI=1S/C26H26N2O3/c1-30-17-16-28-18-21(20-12-6-8-14-23(20)28)26(29)25(19-10-4-3-5-11-19)27-22-13-7-9-15-24(22)31-2/h3-15,18,25,27H,16-17H2,1-2H3. The van der Waals surface area contributed by atoms with Crippen LogP contribution in [-0.2, 0) is 11.3 Å². The van der Waals surface area contributed by atoms with E-state index in [0.717, 1.165) is 22.2 Å². The van der Waals surface area contributed by atoms with E-state index in [-0.39, 0.29) is 5.78 Å². The molecule has 0 aliphatic carbocycles. The molecule has 1 N–H and O–H groups in total. The number of anilines is 1. The van der Waals surface area contributed by atoms with Crippen molar-refractivity contribution in [2.75, 3.05) is 26.1 Å². The molecule has 4 aromatic rings. The minimum atomic E-state index is -0.556. The number of carbonyl (C=O) groups is 1. The van der Waals surface area contributed by atoms with E-state index in [2.05, 4.69) is 9.88 Å². The normalized spacial score (nSPS) is 11.9. The molecule has 0 amide bonds. The average molecular weight is 415 g/mol. The Hall–Kier alpha value is -3.57. The summed E-state index contributed by atoms with van der Waals surface area (Å²) in [5.41, 5.74) is 3.37. The van der Waals surface area contributed by atoms with Crippen molar-refractivity contribution in [1.29, 1.82) is 0 Å². The first-order valence-corrected chi connectivity index (χ1v) is 10.3. The summed E-state index contributed by atoms with van der Waals surface area (Å²) in [5.74, 6) is 0.697. The highest BCUT2D eigenvalue weighted by atomic mass is 16.5. The maximum Gasteiger partial charge on any atom is 0.191 e. The molecule has 1 heterocycles. The summed E-state index contributed by atoms with van der Waals surface area (Å²) >= 11 is 0. The van der Waals surface area contributed by atoms with Gasteiger partial charge in [0.25, 0.3) is 0 Å². The van der Waals surface area contributed by atoms with Crippen molar-refractivity contribution in [3.05, 3.63) is 96.2 Å². The summed E-state index contributed by atoms with van der Waals surface area (Å²) in [6.07, 6.45) is 1.94. The van der Waals surface area contributed by atoms with Crippen LogP contribution in [0.5, 0.6) is 5.75 Å². The fourth-order valence-electron chi connectivity index (χ4n) is 3.84. The van der Waals surface area contributed by atoms with Crippen molar-refractivity contribution in [3.8, 4) is 5.75 Å². The summed E-state index contributed by atoms with van der Waals surface area (Å²) < 4.78 is 12.8. The van der Waals surface area contributed by atoms with Crippen LogP contribution < -0.4 is 10.1 Å². The first-order chi connectivity index (χ1) is 15.2. The lowest BCUT2D eigenvalue weighted by Gasteiger charge is -2.20. The molecule has 1 aromatic heterocycles. The van der Waals surface area contributed by atoms with E-state index < -0.39 is 6.04 Å². The van der Waals surface area contributed by atoms with Gasteiger partial charge in [-0.05, 0) is 23.8 Å². The van der Waals surface area contributed by atoms with Gasteiger partial charge in [0.15, 0.2) is 5.78 Å². The molecule has 0 saturated carbocycles. The number of nitrogens with one attached hydrogen (secondary N) is 1. The molecular formula is C26H26N2O3. The molecule has 0 saturated heterocycles. The fraction of sp³-hybridized carbons (Fsp3) is 0.192. The second kappa shape index (κ2) is 9.49. The van der Waals surface area contributed by atoms with E-state index in [1.54, 1.807) is 14.2 Å². The number of aromatic nitrogens is 1. The number of carbonyl (C=O) groups excluding carboxylic acids is 1. The number of fused-ring (bicyclic) bond motifs is 1. The van der Waals surface area contributed by atoms with Crippen molar-refractivity contribution in [2.24, 2.45) is 0 Å². The predicted octanol–water partition coefficient (Wildman–Crippen LogP) is 5.33. The van der Waals surface area contributed by atoms with Gasteiger partial charge < -0.3 is 19.4 Å². The van der Waals surface area contributed by atoms with Gasteiger partial charge in [-0.2, -0.15) is 0 Å². The van der Waals surface area contributed by atoms with Crippen molar-refractivity contribution in [3.63, 3.8) is 0 Å². The van der Waals surface area contributed by atoms with Gasteiger partial charge in [0, 0.05) is 36.3 Å². The molecule has 3 aromatic carbocycles. The lowest BCUT2D eigenvalue weighted by Crippen LogP contribution is -2.21. The minimum absolute atomic E-state index is 0.00414. The van der Waals surface area contributed by atoms with Crippen molar-refractivity contribution in [1.82, 2.24) is 4.57 Å². The second-order valence-corrected chi connectivity index (χ2v) is 7.30. The van der Waals surface area contributed by atoms with Gasteiger partial charge in [0.1, 0.15) is 11.8 Å². The number of hydrogen-bond acceptors (Lipinski definition) is 4. The van der Waals surface area contributed by atoms with Crippen molar-refractivity contribution < 1.29 is 14.3 Å². The summed E-state index contributed by atoms with van der Waals surface area (Å²) in [7, 11) is 3.31. The van der Waals surface area contributed by atoms with Crippen LogP contribution in [0.1, 0.15) is 22.0 Å². The third-order valence-electron chi connectivity index (χ3n) is 5.39. The van der Waals surface area contributed by atoms with E-state index >= 15 is 0 Å². The van der Waals surface area contributed by atoms with Gasteiger partial charge in [-0.3, -0.25) is 4.79 Å². The lowest BCUT2D eigenvalue weighted by molar-refractivity contribution is 0.0970. The monoisotopic (exact) mass is 414 g/mol. The SMILES string of the molecule is COCCn1cc(C(=O)C(Nc2ccccc2OC)c2ccccc2)c2ccccc21. The van der Waals surface area contributed by atoms with E-state index in [9.17, 15) is 4.79 Å². The maximum absolute atomic E-state index is 13.9. The molecule has 5 heteroatoms. The summed E-state index contributed by atoms with van der Waals surface area (Å²) in [6, 6.07) is 24.8. The van der Waals surface area contributed by atoms with E-state index in [1.807, 2.05) is 85.1 Å². The first-order valence-electron chi connectivity index (χ1n) is 10.3. The van der Waals surface area contributed by atoms with Gasteiger partial charge in [-0.25, -0.2) is 0 Å². The average Bonchev–Trinajstić information content (AvgIpc) is 3.20. The van der Waals surface area contributed by atoms with Crippen LogP contribution in [0.4, 0.5) is 5.69 Å². The van der Waals surface area contributed by atoms with Gasteiger partial charge >= 0.3 is 0 Å². The number of benzene rings is 3. The molecule has 0 aliphatic heterocycles. The second-order valence-electron chi connectivity index (χ2n) is 7.30. The van der Waals surface area contributed by atoms with Crippen molar-refractivity contribution in [2.45, 2.75) is 12.6 Å². The molecule has 0 radical (unpaired) electrons. The molecule has 4 rings (SSSR count). The van der Waals surface area contributed by atoms with Crippen LogP contribution in [0.15, 0.2) is 85.1 Å². The van der Waals surface area contributed by atoms with Crippen LogP contribution in [0, 0.1) is 0 Å². The smallest absolute Gasteiger partial charge is 0.191 e. The molecule has 1 unspecified atom stereocenters. The van der Waals surface area contributed by atoms with E-state index in [1.165, 1.54) is 0 Å². The number of methoxy groups -OCH3 is 2. The first kappa shape index (κ1) is 20.7. The highest BCUT2D eigenvalue weighted by Crippen LogP contribution is 2.32. The van der Waals surface area contributed by atoms with Gasteiger partial charge in [-0.1, -0.05) is 60.7 Å². The zero-order valence-electron chi connectivity index (χ0n) is 17.7. The van der Waals surface area contributed by atoms with Crippen molar-refractivity contribution >= 4 is 22.4 Å². The fourth-order valence-corrected chi connectivity index (χ4v) is 3.84. The Labute approximate surface area is 182 Å². The number of rotatable bonds is 9. The largest absolute Gasteiger partial charge is 0.495 e. The summed E-state index contributed by atoms with van der Waals surface area (Å²) in [4.78, 5) is 13.9. The molecule has 1 atom stereocenters. The summed E-state index contributed by atoms with van der Waals surface area (Å²) in [5, 5.41) is 4.36. The van der Waals surface area contributed by atoms with E-state index in [0.29, 0.717) is 24.5 Å². The molecule has 0 fully saturated rings. The Bertz CT molecular complexity index is 1170. The molecule has 158 valence electrons. The molecule has 0 bridgehead atoms. The van der Waals surface area contributed by atoms with Crippen LogP contribution >= 0.6 is 0 Å². The Morgan fingerprint density at radius 1 is 0.935 bits per heavy atom. The number of para-hydroxylation sites is 3. The quantitative estimate of drug-likeness (QED) is 0.376. The third-order valence-corrected chi connectivity index (χ3v) is 5.39. The van der Waals surface area contributed by atoms with Gasteiger partial charge in [0.2, 0.25) is 0 Å². The maximum atomic E-state index is 13.9. The van der Waals surface area contributed by atoms with Crippen LogP contribution in [0.25, 0.3) is 10.9 Å². The van der Waals surface area contributed by atoms with Crippen LogP contribution in [0.3, 0.4) is 0 Å². The topological polar surface area (TPSA) is 52.5 Å². The highest BCUT2D eigenvalue weighted by molar-refractivity contribution is 6.11. The molecule has 0 aliphatic rings. The molecule has 0 spiro atoms. The third kappa shape index (κ3) is 4.32. The Kier molecular flexibility index (Phi) is 6.34. The molecule has 31 heavy (non-hydrogen) atoms. The Morgan fingerprint density at radius 3 is 2.42 bits per heavy atom. The number of hydrogen-bond donors (Lipinski definition) is 1. The Morgan fingerprint density at radius 2 is 1.65 bits per heavy atom. The molecule has 5 nitrogen and oxygen atoms in total. The number of Topliss-reactive ketones (excluding diaryl/α,β-unsaturated/α-hetero) is 1. The van der Waals surface area contributed by atoms with Crippen LogP contribution in [0.2, 0.25) is 0 Å². The van der Waals surface area contributed by atoms with Crippen LogP contribution in [-0.4, -0.2) is 31.2 Å². The van der Waals surface area contributed by atoms with Gasteiger partial charge in [0.05, 0.1) is 19.4 Å². The lowest BCUT2D eigenvalue weighted by atomic mass is 9.96. The van der Waals surface area contributed by atoms with E-state index in [4.69, 9.17) is 9.47 Å². The number of nitrogens with zero attached hydrogens (tertiary/aromatic N) is 1. The zero-order chi connectivity index (χ0) is 21.6. The molecular weight excluding hydrogens is 388 g/mol. The zero-order valence-corrected chi connectivity index (χ0v) is 17.7. The highest BCUT2D eigenvalue weighted by Gasteiger charge is 2.26. The predicted molar refractivity (Wildman–Crippen MR) is 124 cm³/mol. The number of ketones is 1. The summed E-state index contributed by atoms with van der Waals surface area (Å²) in [6.45, 7) is 1.26.